The second-order valence-electron chi connectivity index (χ2n) is 8.02. The zero-order valence-corrected chi connectivity index (χ0v) is 20.2. The van der Waals surface area contributed by atoms with Crippen LogP contribution in [0.15, 0.2) is 114 Å². The van der Waals surface area contributed by atoms with Gasteiger partial charge in [0.2, 0.25) is 0 Å². The molecule has 0 aliphatic heterocycles. The highest BCUT2D eigenvalue weighted by atomic mass is 79.9. The summed E-state index contributed by atoms with van der Waals surface area (Å²) in [6.45, 7) is -0.340. The average Bonchev–Trinajstić information content (AvgIpc) is 2.92. The van der Waals surface area contributed by atoms with E-state index in [2.05, 4.69) is 15.9 Å². The molecule has 0 amide bonds. The number of halogens is 1. The number of para-hydroxylation sites is 1. The number of benzene rings is 4. The van der Waals surface area contributed by atoms with Crippen molar-refractivity contribution >= 4 is 38.6 Å². The summed E-state index contributed by atoms with van der Waals surface area (Å²) in [6, 6.07) is 34.1. The molecule has 0 atom stereocenters. The molecule has 5 aromatic rings. The molecule has 0 unspecified atom stereocenters. The maximum absolute atomic E-state index is 13.1. The minimum Gasteiger partial charge on any atom is -0.454 e. The van der Waals surface area contributed by atoms with Crippen LogP contribution in [-0.2, 0) is 4.74 Å². The fourth-order valence-electron chi connectivity index (χ4n) is 3.88. The molecular weight excluding hydrogens is 502 g/mol. The van der Waals surface area contributed by atoms with Gasteiger partial charge in [-0.15, -0.1) is 0 Å². The van der Waals surface area contributed by atoms with Crippen LogP contribution >= 0.6 is 15.9 Å². The molecule has 35 heavy (non-hydrogen) atoms. The van der Waals surface area contributed by atoms with Gasteiger partial charge < -0.3 is 4.74 Å². The van der Waals surface area contributed by atoms with Crippen molar-refractivity contribution in [1.29, 1.82) is 0 Å². The standard InChI is InChI=1S/C30H20BrNO3/c31-24-16-14-22(15-17-24)28-18-26(25-8-4-5-9-27(25)32-28)30(34)35-19-29(33)23-12-10-21(11-13-23)20-6-2-1-3-7-20/h1-18H,19H2. The summed E-state index contributed by atoms with van der Waals surface area (Å²) in [5.74, 6) is -0.819. The first kappa shape index (κ1) is 22.7. The number of carbonyl (C=O) groups is 2. The molecule has 1 aromatic heterocycles. The van der Waals surface area contributed by atoms with E-state index in [-0.39, 0.29) is 12.4 Å². The predicted molar refractivity (Wildman–Crippen MR) is 141 cm³/mol. The number of nitrogens with zero attached hydrogens (tertiary/aromatic N) is 1. The van der Waals surface area contributed by atoms with E-state index in [0.717, 1.165) is 21.2 Å². The second-order valence-corrected chi connectivity index (χ2v) is 8.94. The Kier molecular flexibility index (Phi) is 6.51. The van der Waals surface area contributed by atoms with Gasteiger partial charge in [-0.2, -0.15) is 0 Å². The topological polar surface area (TPSA) is 56.3 Å². The maximum Gasteiger partial charge on any atom is 0.339 e. The van der Waals surface area contributed by atoms with Crippen molar-refractivity contribution < 1.29 is 14.3 Å². The van der Waals surface area contributed by atoms with Gasteiger partial charge in [-0.3, -0.25) is 4.79 Å². The van der Waals surface area contributed by atoms with Crippen LogP contribution < -0.4 is 0 Å². The lowest BCUT2D eigenvalue weighted by atomic mass is 10.0. The highest BCUT2D eigenvalue weighted by Gasteiger charge is 2.17. The smallest absolute Gasteiger partial charge is 0.339 e. The number of carbonyl (C=O) groups excluding carboxylic acids is 2. The number of ketones is 1. The molecule has 0 spiro atoms. The third kappa shape index (κ3) is 5.05. The average molecular weight is 522 g/mol. The highest BCUT2D eigenvalue weighted by Crippen LogP contribution is 2.27. The van der Waals surface area contributed by atoms with Gasteiger partial charge in [-0.05, 0) is 35.4 Å². The number of hydrogen-bond acceptors (Lipinski definition) is 4. The summed E-state index contributed by atoms with van der Waals surface area (Å²) in [5.41, 5.74) is 5.18. The lowest BCUT2D eigenvalue weighted by molar-refractivity contribution is 0.0476. The molecule has 4 aromatic carbocycles. The molecule has 0 aliphatic rings. The zero-order valence-electron chi connectivity index (χ0n) is 18.6. The van der Waals surface area contributed by atoms with E-state index >= 15 is 0 Å². The second kappa shape index (κ2) is 10.0. The molecule has 4 nitrogen and oxygen atoms in total. The Labute approximate surface area is 211 Å². The van der Waals surface area contributed by atoms with Crippen LogP contribution in [0.2, 0.25) is 0 Å². The molecule has 0 aliphatic carbocycles. The first-order valence-electron chi connectivity index (χ1n) is 11.1. The van der Waals surface area contributed by atoms with Crippen molar-refractivity contribution in [2.75, 3.05) is 6.61 Å². The van der Waals surface area contributed by atoms with Crippen LogP contribution in [0.4, 0.5) is 0 Å². The van der Waals surface area contributed by atoms with Gasteiger partial charge in [0, 0.05) is 21.0 Å². The van der Waals surface area contributed by atoms with Gasteiger partial charge >= 0.3 is 5.97 Å². The van der Waals surface area contributed by atoms with E-state index in [9.17, 15) is 9.59 Å². The normalized spacial score (nSPS) is 10.8. The third-order valence-corrected chi connectivity index (χ3v) is 6.25. The minimum atomic E-state index is -0.559. The van der Waals surface area contributed by atoms with Gasteiger partial charge in [0.1, 0.15) is 0 Å². The molecule has 0 bridgehead atoms. The Morgan fingerprint density at radius 1 is 0.714 bits per heavy atom. The first-order valence-corrected chi connectivity index (χ1v) is 11.9. The van der Waals surface area contributed by atoms with Crippen molar-refractivity contribution in [1.82, 2.24) is 4.98 Å². The van der Waals surface area contributed by atoms with E-state index in [0.29, 0.717) is 27.7 Å². The van der Waals surface area contributed by atoms with E-state index < -0.39 is 5.97 Å². The Bertz CT molecular complexity index is 1510. The van der Waals surface area contributed by atoms with E-state index in [4.69, 9.17) is 9.72 Å². The third-order valence-electron chi connectivity index (χ3n) is 5.72. The Morgan fingerprint density at radius 2 is 1.34 bits per heavy atom. The van der Waals surface area contributed by atoms with Crippen LogP contribution in [0.5, 0.6) is 0 Å². The number of rotatable bonds is 6. The minimum absolute atomic E-state index is 0.260. The molecule has 1 heterocycles. The molecule has 5 heteroatoms. The SMILES string of the molecule is O=C(COC(=O)c1cc(-c2ccc(Br)cc2)nc2ccccc12)c1ccc(-c2ccccc2)cc1. The van der Waals surface area contributed by atoms with Gasteiger partial charge in [0.25, 0.3) is 0 Å². The summed E-state index contributed by atoms with van der Waals surface area (Å²) >= 11 is 3.44. The highest BCUT2D eigenvalue weighted by molar-refractivity contribution is 9.10. The zero-order chi connectivity index (χ0) is 24.2. The maximum atomic E-state index is 13.1. The fourth-order valence-corrected chi connectivity index (χ4v) is 4.15. The van der Waals surface area contributed by atoms with Crippen LogP contribution in [0.25, 0.3) is 33.3 Å². The predicted octanol–water partition coefficient (Wildman–Crippen LogP) is 7.37. The Hall–Kier alpha value is -4.09. The molecule has 0 radical (unpaired) electrons. The van der Waals surface area contributed by atoms with Gasteiger partial charge in [0.15, 0.2) is 12.4 Å². The lowest BCUT2D eigenvalue weighted by Crippen LogP contribution is -2.15. The molecular formula is C30H20BrNO3. The monoisotopic (exact) mass is 521 g/mol. The summed E-state index contributed by atoms with van der Waals surface area (Å²) in [5, 5.41) is 0.679. The van der Waals surface area contributed by atoms with E-state index in [1.165, 1.54) is 0 Å². The van der Waals surface area contributed by atoms with Crippen molar-refractivity contribution in [2.24, 2.45) is 0 Å². The fraction of sp³-hybridized carbons (Fsp3) is 0.0333. The summed E-state index contributed by atoms with van der Waals surface area (Å²) < 4.78 is 6.41. The van der Waals surface area contributed by atoms with Gasteiger partial charge in [-0.25, -0.2) is 9.78 Å². The summed E-state index contributed by atoms with van der Waals surface area (Å²) in [6.07, 6.45) is 0. The van der Waals surface area contributed by atoms with Crippen molar-refractivity contribution in [3.63, 3.8) is 0 Å². The van der Waals surface area contributed by atoms with Gasteiger partial charge in [-0.1, -0.05) is 101 Å². The number of hydrogen-bond donors (Lipinski definition) is 0. The van der Waals surface area contributed by atoms with Gasteiger partial charge in [0.05, 0.1) is 16.8 Å². The number of ether oxygens (including phenoxy) is 1. The summed E-state index contributed by atoms with van der Waals surface area (Å²) in [4.78, 5) is 30.5. The molecule has 5 rings (SSSR count). The quantitative estimate of drug-likeness (QED) is 0.173. The number of pyridine rings is 1. The Balaban J connectivity index is 1.36. The van der Waals surface area contributed by atoms with Crippen molar-refractivity contribution in [3.05, 3.63) is 125 Å². The molecule has 0 saturated carbocycles. The summed E-state index contributed by atoms with van der Waals surface area (Å²) in [7, 11) is 0. The van der Waals surface area contributed by atoms with Crippen molar-refractivity contribution in [2.45, 2.75) is 0 Å². The van der Waals surface area contributed by atoms with E-state index in [1.807, 2.05) is 91.0 Å². The molecule has 0 saturated heterocycles. The number of aromatic nitrogens is 1. The Morgan fingerprint density at radius 3 is 2.09 bits per heavy atom. The van der Waals surface area contributed by atoms with Crippen LogP contribution in [0, 0.1) is 0 Å². The first-order chi connectivity index (χ1) is 17.1. The molecule has 0 fully saturated rings. The van der Waals surface area contributed by atoms with Crippen molar-refractivity contribution in [3.8, 4) is 22.4 Å². The van der Waals surface area contributed by atoms with Crippen LogP contribution in [0.3, 0.4) is 0 Å². The molecule has 0 N–H and O–H groups in total. The van der Waals surface area contributed by atoms with Crippen LogP contribution in [-0.4, -0.2) is 23.3 Å². The number of esters is 1. The number of Topliss-reactive ketones (excluding diaryl/α,β-unsaturated/α-hetero) is 1. The largest absolute Gasteiger partial charge is 0.454 e. The lowest BCUT2D eigenvalue weighted by Gasteiger charge is -2.10. The molecule has 170 valence electrons. The van der Waals surface area contributed by atoms with Crippen LogP contribution in [0.1, 0.15) is 20.7 Å². The van der Waals surface area contributed by atoms with E-state index in [1.54, 1.807) is 18.2 Å². The number of fused-ring (bicyclic) bond motifs is 1.